The number of hydrogen-bond acceptors (Lipinski definition) is 4. The van der Waals surface area contributed by atoms with Gasteiger partial charge in [-0.1, -0.05) is 0 Å². The Bertz CT molecular complexity index is 679. The SMILES string of the molecule is COc1ccc(OC)c(NC(=O)c2ccc[nH]c2=O)c1. The van der Waals surface area contributed by atoms with Gasteiger partial charge in [0, 0.05) is 12.3 Å². The monoisotopic (exact) mass is 274 g/mol. The van der Waals surface area contributed by atoms with E-state index in [0.29, 0.717) is 17.2 Å². The van der Waals surface area contributed by atoms with Crippen molar-refractivity contribution < 1.29 is 14.3 Å². The lowest BCUT2D eigenvalue weighted by molar-refractivity contribution is 0.102. The number of ether oxygens (including phenoxy) is 2. The molecule has 0 bridgehead atoms. The van der Waals surface area contributed by atoms with Crippen LogP contribution in [0.3, 0.4) is 0 Å². The summed E-state index contributed by atoms with van der Waals surface area (Å²) in [6, 6.07) is 8.03. The van der Waals surface area contributed by atoms with Crippen LogP contribution in [0.5, 0.6) is 11.5 Å². The predicted molar refractivity (Wildman–Crippen MR) is 74.6 cm³/mol. The van der Waals surface area contributed by atoms with Crippen LogP contribution in [-0.4, -0.2) is 25.1 Å². The molecular weight excluding hydrogens is 260 g/mol. The van der Waals surface area contributed by atoms with Gasteiger partial charge in [0.2, 0.25) is 0 Å². The second kappa shape index (κ2) is 5.92. The fourth-order valence-electron chi connectivity index (χ4n) is 1.70. The Morgan fingerprint density at radius 1 is 1.20 bits per heavy atom. The third-order valence-corrected chi connectivity index (χ3v) is 2.72. The fourth-order valence-corrected chi connectivity index (χ4v) is 1.70. The molecule has 6 nitrogen and oxygen atoms in total. The lowest BCUT2D eigenvalue weighted by atomic mass is 10.2. The number of anilines is 1. The van der Waals surface area contributed by atoms with Crippen molar-refractivity contribution in [2.75, 3.05) is 19.5 Å². The number of methoxy groups -OCH3 is 2. The Morgan fingerprint density at radius 3 is 2.65 bits per heavy atom. The second-order valence-corrected chi connectivity index (χ2v) is 3.93. The van der Waals surface area contributed by atoms with E-state index in [-0.39, 0.29) is 5.56 Å². The van der Waals surface area contributed by atoms with E-state index in [9.17, 15) is 9.59 Å². The van der Waals surface area contributed by atoms with Crippen LogP contribution < -0.4 is 20.3 Å². The van der Waals surface area contributed by atoms with Crippen molar-refractivity contribution in [3.63, 3.8) is 0 Å². The highest BCUT2D eigenvalue weighted by Gasteiger charge is 2.13. The van der Waals surface area contributed by atoms with Gasteiger partial charge in [-0.15, -0.1) is 0 Å². The van der Waals surface area contributed by atoms with E-state index in [4.69, 9.17) is 9.47 Å². The van der Waals surface area contributed by atoms with Crippen LogP contribution in [0.2, 0.25) is 0 Å². The Hall–Kier alpha value is -2.76. The van der Waals surface area contributed by atoms with Crippen molar-refractivity contribution in [3.05, 3.63) is 52.4 Å². The highest BCUT2D eigenvalue weighted by Crippen LogP contribution is 2.29. The number of pyridine rings is 1. The van der Waals surface area contributed by atoms with Crippen LogP contribution >= 0.6 is 0 Å². The zero-order valence-electron chi connectivity index (χ0n) is 11.1. The first kappa shape index (κ1) is 13.7. The normalized spacial score (nSPS) is 9.90. The minimum atomic E-state index is -0.515. The van der Waals surface area contributed by atoms with Crippen molar-refractivity contribution in [1.82, 2.24) is 4.98 Å². The third-order valence-electron chi connectivity index (χ3n) is 2.72. The molecule has 0 unspecified atom stereocenters. The molecule has 1 heterocycles. The van der Waals surface area contributed by atoms with Crippen LogP contribution in [0.15, 0.2) is 41.3 Å². The van der Waals surface area contributed by atoms with Crippen molar-refractivity contribution in [2.24, 2.45) is 0 Å². The zero-order valence-corrected chi connectivity index (χ0v) is 11.1. The molecule has 0 spiro atoms. The number of aromatic amines is 1. The maximum atomic E-state index is 12.1. The highest BCUT2D eigenvalue weighted by molar-refractivity contribution is 6.04. The van der Waals surface area contributed by atoms with Crippen LogP contribution in [0.4, 0.5) is 5.69 Å². The number of carbonyl (C=O) groups excluding carboxylic acids is 1. The van der Waals surface area contributed by atoms with Gasteiger partial charge in [-0.25, -0.2) is 0 Å². The topological polar surface area (TPSA) is 80.4 Å². The summed E-state index contributed by atoms with van der Waals surface area (Å²) >= 11 is 0. The molecule has 0 saturated heterocycles. The number of aromatic nitrogens is 1. The first-order valence-corrected chi connectivity index (χ1v) is 5.87. The molecule has 1 aromatic heterocycles. The van der Waals surface area contributed by atoms with E-state index < -0.39 is 11.5 Å². The molecule has 0 atom stereocenters. The first-order valence-electron chi connectivity index (χ1n) is 5.87. The molecule has 2 rings (SSSR count). The summed E-state index contributed by atoms with van der Waals surface area (Å²) in [7, 11) is 3.02. The Labute approximate surface area is 115 Å². The average Bonchev–Trinajstić information content (AvgIpc) is 2.47. The number of carbonyl (C=O) groups is 1. The van der Waals surface area contributed by atoms with Gasteiger partial charge in [0.15, 0.2) is 0 Å². The highest BCUT2D eigenvalue weighted by atomic mass is 16.5. The minimum Gasteiger partial charge on any atom is -0.497 e. The van der Waals surface area contributed by atoms with E-state index in [2.05, 4.69) is 10.3 Å². The van der Waals surface area contributed by atoms with Crippen LogP contribution in [-0.2, 0) is 0 Å². The van der Waals surface area contributed by atoms with Crippen molar-refractivity contribution in [1.29, 1.82) is 0 Å². The molecule has 104 valence electrons. The molecule has 2 aromatic rings. The largest absolute Gasteiger partial charge is 0.497 e. The number of amides is 1. The van der Waals surface area contributed by atoms with E-state index >= 15 is 0 Å². The van der Waals surface area contributed by atoms with Gasteiger partial charge in [0.1, 0.15) is 17.1 Å². The molecule has 0 radical (unpaired) electrons. The summed E-state index contributed by atoms with van der Waals surface area (Å²) in [5.74, 6) is 0.535. The maximum absolute atomic E-state index is 12.1. The number of rotatable bonds is 4. The van der Waals surface area contributed by atoms with Gasteiger partial charge in [0.05, 0.1) is 19.9 Å². The molecule has 20 heavy (non-hydrogen) atoms. The van der Waals surface area contributed by atoms with Gasteiger partial charge >= 0.3 is 0 Å². The summed E-state index contributed by atoms with van der Waals surface area (Å²) in [6.07, 6.45) is 1.46. The third kappa shape index (κ3) is 2.80. The van der Waals surface area contributed by atoms with Crippen molar-refractivity contribution in [3.8, 4) is 11.5 Å². The molecule has 0 aliphatic heterocycles. The van der Waals surface area contributed by atoms with Crippen LogP contribution in [0, 0.1) is 0 Å². The minimum absolute atomic E-state index is 0.0253. The zero-order chi connectivity index (χ0) is 14.5. The standard InChI is InChI=1S/C14H14N2O4/c1-19-9-5-6-12(20-2)11(8-9)16-14(18)10-4-3-7-15-13(10)17/h3-8H,1-2H3,(H,15,17)(H,16,18). The summed E-state index contributed by atoms with van der Waals surface area (Å²) < 4.78 is 10.2. The molecule has 0 saturated carbocycles. The Balaban J connectivity index is 2.32. The van der Waals surface area contributed by atoms with E-state index in [1.807, 2.05) is 0 Å². The molecule has 0 aliphatic carbocycles. The summed E-state index contributed by atoms with van der Waals surface area (Å²) in [5, 5.41) is 2.63. The molecule has 1 amide bonds. The van der Waals surface area contributed by atoms with E-state index in [0.717, 1.165) is 0 Å². The summed E-state index contributed by atoms with van der Waals surface area (Å²) in [5.41, 5.74) is 0.00402. The van der Waals surface area contributed by atoms with Crippen molar-refractivity contribution >= 4 is 11.6 Å². The maximum Gasteiger partial charge on any atom is 0.261 e. The van der Waals surface area contributed by atoms with Gasteiger partial charge in [-0.3, -0.25) is 9.59 Å². The number of hydrogen-bond donors (Lipinski definition) is 2. The number of benzene rings is 1. The molecule has 6 heteroatoms. The first-order chi connectivity index (χ1) is 9.65. The fraction of sp³-hybridized carbons (Fsp3) is 0.143. The lowest BCUT2D eigenvalue weighted by Crippen LogP contribution is -2.22. The molecule has 2 N–H and O–H groups in total. The van der Waals surface area contributed by atoms with Gasteiger partial charge in [0.25, 0.3) is 11.5 Å². The Kier molecular flexibility index (Phi) is 4.05. The quantitative estimate of drug-likeness (QED) is 0.888. The lowest BCUT2D eigenvalue weighted by Gasteiger charge is -2.11. The molecular formula is C14H14N2O4. The second-order valence-electron chi connectivity index (χ2n) is 3.93. The van der Waals surface area contributed by atoms with Crippen LogP contribution in [0.1, 0.15) is 10.4 Å². The van der Waals surface area contributed by atoms with Gasteiger partial charge < -0.3 is 19.8 Å². The van der Waals surface area contributed by atoms with Crippen LogP contribution in [0.25, 0.3) is 0 Å². The molecule has 1 aromatic carbocycles. The van der Waals surface area contributed by atoms with Gasteiger partial charge in [-0.2, -0.15) is 0 Å². The van der Waals surface area contributed by atoms with E-state index in [1.165, 1.54) is 26.5 Å². The molecule has 0 aliphatic rings. The van der Waals surface area contributed by atoms with Gasteiger partial charge in [-0.05, 0) is 24.3 Å². The number of H-pyrrole nitrogens is 1. The number of nitrogens with one attached hydrogen (secondary N) is 2. The average molecular weight is 274 g/mol. The predicted octanol–water partition coefficient (Wildman–Crippen LogP) is 1.64. The Morgan fingerprint density at radius 2 is 2.00 bits per heavy atom. The smallest absolute Gasteiger partial charge is 0.261 e. The van der Waals surface area contributed by atoms with E-state index in [1.54, 1.807) is 24.3 Å². The summed E-state index contributed by atoms with van der Waals surface area (Å²) in [6.45, 7) is 0. The summed E-state index contributed by atoms with van der Waals surface area (Å²) in [4.78, 5) is 26.1. The molecule has 0 fully saturated rings. The van der Waals surface area contributed by atoms with Crippen molar-refractivity contribution in [2.45, 2.75) is 0 Å².